The zero-order valence-electron chi connectivity index (χ0n) is 11.1. The molecule has 7 heteroatoms. The van der Waals surface area contributed by atoms with Gasteiger partial charge in [-0.05, 0) is 47.6 Å². The van der Waals surface area contributed by atoms with Gasteiger partial charge in [0, 0.05) is 21.7 Å². The summed E-state index contributed by atoms with van der Waals surface area (Å²) in [6.07, 6.45) is 4.74. The van der Waals surface area contributed by atoms with Crippen LogP contribution in [0.15, 0.2) is 22.9 Å². The van der Waals surface area contributed by atoms with Crippen LogP contribution in [0.4, 0.5) is 0 Å². The zero-order chi connectivity index (χ0) is 14.3. The van der Waals surface area contributed by atoms with Gasteiger partial charge in [0.1, 0.15) is 5.01 Å². The second kappa shape index (κ2) is 5.38. The fraction of sp³-hybridized carbons (Fsp3) is 0.308. The van der Waals surface area contributed by atoms with Crippen molar-refractivity contribution in [3.63, 3.8) is 0 Å². The van der Waals surface area contributed by atoms with E-state index in [0.29, 0.717) is 4.77 Å². The van der Waals surface area contributed by atoms with E-state index in [-0.39, 0.29) is 6.04 Å². The minimum absolute atomic E-state index is 0.0789. The predicted molar refractivity (Wildman–Crippen MR) is 87.9 cm³/mol. The number of nitrogens with one attached hydrogen (secondary N) is 1. The summed E-state index contributed by atoms with van der Waals surface area (Å²) >= 11 is 10.6. The minimum Gasteiger partial charge on any atom is -0.329 e. The molecule has 3 heterocycles. The highest BCUT2D eigenvalue weighted by Gasteiger charge is 2.17. The maximum atomic E-state index is 5.44. The van der Waals surface area contributed by atoms with Gasteiger partial charge in [0.15, 0.2) is 10.4 Å². The van der Waals surface area contributed by atoms with Crippen LogP contribution in [0.25, 0.3) is 11.2 Å². The number of aromatic nitrogens is 4. The van der Waals surface area contributed by atoms with Gasteiger partial charge in [-0.25, -0.2) is 9.97 Å². The molecule has 0 aliphatic rings. The first kappa shape index (κ1) is 13.9. The lowest BCUT2D eigenvalue weighted by Gasteiger charge is -2.10. The van der Waals surface area contributed by atoms with Crippen LogP contribution >= 0.6 is 39.5 Å². The number of aryl methyl sites for hydroxylation is 1. The van der Waals surface area contributed by atoms with Crippen molar-refractivity contribution in [1.29, 1.82) is 0 Å². The molecule has 104 valence electrons. The molecule has 0 saturated heterocycles. The maximum Gasteiger partial charge on any atom is 0.179 e. The van der Waals surface area contributed by atoms with Crippen LogP contribution in [-0.2, 0) is 6.42 Å². The quantitative estimate of drug-likeness (QED) is 0.693. The third-order valence-electron chi connectivity index (χ3n) is 3.19. The smallest absolute Gasteiger partial charge is 0.179 e. The van der Waals surface area contributed by atoms with Crippen LogP contribution < -0.4 is 0 Å². The van der Waals surface area contributed by atoms with E-state index in [1.165, 1.54) is 4.88 Å². The highest BCUT2D eigenvalue weighted by molar-refractivity contribution is 9.10. The molecule has 0 aliphatic carbocycles. The molecular weight excluding hydrogens is 356 g/mol. The number of nitrogens with zero attached hydrogens (tertiary/aromatic N) is 3. The van der Waals surface area contributed by atoms with Crippen molar-refractivity contribution in [3.05, 3.63) is 37.6 Å². The highest BCUT2D eigenvalue weighted by Crippen LogP contribution is 2.27. The first-order valence-corrected chi connectivity index (χ1v) is 8.32. The van der Waals surface area contributed by atoms with E-state index in [1.807, 2.05) is 16.8 Å². The Kier molecular flexibility index (Phi) is 3.74. The van der Waals surface area contributed by atoms with Gasteiger partial charge < -0.3 is 4.98 Å². The number of rotatable bonds is 3. The van der Waals surface area contributed by atoms with Gasteiger partial charge in [-0.1, -0.05) is 6.92 Å². The average molecular weight is 369 g/mol. The van der Waals surface area contributed by atoms with Crippen molar-refractivity contribution in [2.75, 3.05) is 0 Å². The standard InChI is InChI=1S/C13H13BrN4S2/c1-3-9-6-16-12(20-9)7(2)18-11-10(17-13(18)19)4-8(14)5-15-11/h4-7H,3H2,1-2H3,(H,17,19). The number of hydrogen-bond acceptors (Lipinski definition) is 4. The summed E-state index contributed by atoms with van der Waals surface area (Å²) in [6.45, 7) is 4.24. The Hall–Kier alpha value is -1.05. The van der Waals surface area contributed by atoms with Crippen molar-refractivity contribution >= 4 is 50.6 Å². The van der Waals surface area contributed by atoms with Gasteiger partial charge in [0.2, 0.25) is 0 Å². The van der Waals surface area contributed by atoms with E-state index in [4.69, 9.17) is 12.2 Å². The third kappa shape index (κ3) is 2.34. The zero-order valence-corrected chi connectivity index (χ0v) is 14.3. The molecule has 4 nitrogen and oxygen atoms in total. The monoisotopic (exact) mass is 368 g/mol. The average Bonchev–Trinajstić information content (AvgIpc) is 3.01. The van der Waals surface area contributed by atoms with Crippen LogP contribution in [0.1, 0.15) is 29.8 Å². The summed E-state index contributed by atoms with van der Waals surface area (Å²) in [5, 5.41) is 1.06. The summed E-state index contributed by atoms with van der Waals surface area (Å²) in [7, 11) is 0. The first-order valence-electron chi connectivity index (χ1n) is 6.30. The second-order valence-electron chi connectivity index (χ2n) is 4.52. The maximum absolute atomic E-state index is 5.44. The minimum atomic E-state index is 0.0789. The summed E-state index contributed by atoms with van der Waals surface area (Å²) < 4.78 is 3.63. The fourth-order valence-corrected chi connectivity index (χ4v) is 3.72. The number of pyridine rings is 1. The molecule has 3 rings (SSSR count). The molecule has 3 aromatic rings. The normalized spacial score (nSPS) is 12.9. The number of thiazole rings is 1. The Balaban J connectivity index is 2.13. The van der Waals surface area contributed by atoms with Crippen LogP contribution in [-0.4, -0.2) is 19.5 Å². The number of aromatic amines is 1. The van der Waals surface area contributed by atoms with Gasteiger partial charge in [-0.15, -0.1) is 11.3 Å². The van der Waals surface area contributed by atoms with Crippen LogP contribution in [0.3, 0.4) is 0 Å². The Morgan fingerprint density at radius 3 is 2.95 bits per heavy atom. The third-order valence-corrected chi connectivity index (χ3v) is 5.23. The molecule has 0 fully saturated rings. The van der Waals surface area contributed by atoms with E-state index >= 15 is 0 Å². The summed E-state index contributed by atoms with van der Waals surface area (Å²) in [6, 6.07) is 2.07. The lowest BCUT2D eigenvalue weighted by atomic mass is 10.3. The number of hydrogen-bond donors (Lipinski definition) is 1. The predicted octanol–water partition coefficient (Wildman–Crippen LogP) is 4.48. The van der Waals surface area contributed by atoms with Crippen molar-refractivity contribution in [1.82, 2.24) is 19.5 Å². The van der Waals surface area contributed by atoms with Crippen molar-refractivity contribution in [3.8, 4) is 0 Å². The molecule has 0 spiro atoms. The van der Waals surface area contributed by atoms with Gasteiger partial charge in [-0.3, -0.25) is 4.57 Å². The second-order valence-corrected chi connectivity index (χ2v) is 6.97. The summed E-state index contributed by atoms with van der Waals surface area (Å²) in [4.78, 5) is 13.5. The molecular formula is C13H13BrN4S2. The number of imidazole rings is 1. The molecule has 0 aliphatic heterocycles. The Bertz CT molecular complexity index is 817. The Labute approximate surface area is 134 Å². The largest absolute Gasteiger partial charge is 0.329 e. The highest BCUT2D eigenvalue weighted by atomic mass is 79.9. The molecule has 1 atom stereocenters. The number of fused-ring (bicyclic) bond motifs is 1. The lowest BCUT2D eigenvalue weighted by Crippen LogP contribution is -2.07. The van der Waals surface area contributed by atoms with E-state index in [0.717, 1.165) is 27.1 Å². The molecule has 3 aromatic heterocycles. The van der Waals surface area contributed by atoms with Crippen molar-refractivity contribution in [2.45, 2.75) is 26.3 Å². The van der Waals surface area contributed by atoms with Gasteiger partial charge in [0.25, 0.3) is 0 Å². The SMILES string of the molecule is CCc1cnc(C(C)n2c(=S)[nH]c3cc(Br)cnc32)s1. The summed E-state index contributed by atoms with van der Waals surface area (Å²) in [5.74, 6) is 0. The molecule has 0 aromatic carbocycles. The van der Waals surface area contributed by atoms with E-state index < -0.39 is 0 Å². The molecule has 0 saturated carbocycles. The Morgan fingerprint density at radius 2 is 2.25 bits per heavy atom. The van der Waals surface area contributed by atoms with Crippen LogP contribution in [0.2, 0.25) is 0 Å². The fourth-order valence-electron chi connectivity index (χ4n) is 2.14. The van der Waals surface area contributed by atoms with Gasteiger partial charge >= 0.3 is 0 Å². The molecule has 1 N–H and O–H groups in total. The Morgan fingerprint density at radius 1 is 1.45 bits per heavy atom. The molecule has 0 amide bonds. The van der Waals surface area contributed by atoms with Gasteiger partial charge in [-0.2, -0.15) is 0 Å². The van der Waals surface area contributed by atoms with E-state index in [2.05, 4.69) is 44.7 Å². The molecule has 0 radical (unpaired) electrons. The lowest BCUT2D eigenvalue weighted by molar-refractivity contribution is 0.639. The first-order chi connectivity index (χ1) is 9.60. The van der Waals surface area contributed by atoms with Crippen LogP contribution in [0.5, 0.6) is 0 Å². The molecule has 20 heavy (non-hydrogen) atoms. The number of halogens is 1. The molecule has 1 unspecified atom stereocenters. The summed E-state index contributed by atoms with van der Waals surface area (Å²) in [5.41, 5.74) is 1.79. The van der Waals surface area contributed by atoms with Gasteiger partial charge in [0.05, 0.1) is 11.6 Å². The molecule has 0 bridgehead atoms. The van der Waals surface area contributed by atoms with Crippen molar-refractivity contribution in [2.24, 2.45) is 0 Å². The van der Waals surface area contributed by atoms with Crippen molar-refractivity contribution < 1.29 is 0 Å². The van der Waals surface area contributed by atoms with E-state index in [1.54, 1.807) is 17.5 Å². The topological polar surface area (TPSA) is 46.5 Å². The van der Waals surface area contributed by atoms with E-state index in [9.17, 15) is 0 Å². The number of H-pyrrole nitrogens is 1. The van der Waals surface area contributed by atoms with Crippen LogP contribution in [0, 0.1) is 4.77 Å².